The molecule has 0 saturated heterocycles. The molecule has 0 rings (SSSR count). The fourth-order valence-electron chi connectivity index (χ4n) is 6.22. The van der Waals surface area contributed by atoms with E-state index >= 15 is 0 Å². The molecule has 0 N–H and O–H groups in total. The fourth-order valence-corrected chi connectivity index (χ4v) is 6.22. The van der Waals surface area contributed by atoms with Gasteiger partial charge in [0.1, 0.15) is 13.2 Å². The van der Waals surface area contributed by atoms with Gasteiger partial charge in [-0.05, 0) is 122 Å². The summed E-state index contributed by atoms with van der Waals surface area (Å²) < 4.78 is 16.7. The quantitative estimate of drug-likeness (QED) is 0.0263. The van der Waals surface area contributed by atoms with Crippen LogP contribution in [0.3, 0.4) is 0 Å². The molecule has 0 aliphatic heterocycles. The summed E-state index contributed by atoms with van der Waals surface area (Å²) in [6, 6.07) is 0. The van der Waals surface area contributed by atoms with E-state index in [0.29, 0.717) is 19.3 Å². The van der Waals surface area contributed by atoms with E-state index in [1.165, 1.54) is 6.42 Å². The van der Waals surface area contributed by atoms with E-state index < -0.39 is 6.10 Å². The highest BCUT2D eigenvalue weighted by molar-refractivity contribution is 5.71. The van der Waals surface area contributed by atoms with E-state index in [-0.39, 0.29) is 37.5 Å². The van der Waals surface area contributed by atoms with Crippen molar-refractivity contribution in [3.63, 3.8) is 0 Å². The maximum Gasteiger partial charge on any atom is 0.306 e. The Kier molecular flexibility index (Phi) is 47.1. The van der Waals surface area contributed by atoms with E-state index in [1.807, 2.05) is 0 Å². The highest BCUT2D eigenvalue weighted by Crippen LogP contribution is 2.12. The minimum absolute atomic E-state index is 0.114. The van der Waals surface area contributed by atoms with Crippen LogP contribution in [0.5, 0.6) is 0 Å². The monoisotopic (exact) mass is 871 g/mol. The molecule has 0 saturated carbocycles. The number of ether oxygens (including phenoxy) is 3. The highest BCUT2D eigenvalue weighted by Gasteiger charge is 2.19. The fraction of sp³-hybridized carbons (Fsp3) is 0.596. The van der Waals surface area contributed by atoms with Crippen molar-refractivity contribution < 1.29 is 28.6 Å². The smallest absolute Gasteiger partial charge is 0.306 e. The predicted octanol–water partition coefficient (Wildman–Crippen LogP) is 16.5. The van der Waals surface area contributed by atoms with Crippen LogP contribution >= 0.6 is 0 Å². The van der Waals surface area contributed by atoms with Gasteiger partial charge in [0.25, 0.3) is 0 Å². The Hall–Kier alpha value is -4.19. The van der Waals surface area contributed by atoms with Gasteiger partial charge in [-0.25, -0.2) is 0 Å². The molecule has 6 heteroatoms. The lowest BCUT2D eigenvalue weighted by Crippen LogP contribution is -2.30. The third-order valence-corrected chi connectivity index (χ3v) is 9.91. The van der Waals surface area contributed by atoms with Crippen LogP contribution in [0.1, 0.15) is 201 Å². The molecule has 0 aromatic heterocycles. The molecule has 0 spiro atoms. The molecule has 0 aliphatic carbocycles. The van der Waals surface area contributed by atoms with Crippen molar-refractivity contribution in [2.45, 2.75) is 207 Å². The largest absolute Gasteiger partial charge is 0.462 e. The van der Waals surface area contributed by atoms with Crippen LogP contribution in [0.25, 0.3) is 0 Å². The number of unbranched alkanes of at least 4 members (excludes halogenated alkanes) is 12. The van der Waals surface area contributed by atoms with Gasteiger partial charge in [0.15, 0.2) is 6.10 Å². The van der Waals surface area contributed by atoms with Gasteiger partial charge in [0, 0.05) is 19.3 Å². The van der Waals surface area contributed by atoms with Crippen LogP contribution in [0.15, 0.2) is 122 Å². The summed E-state index contributed by atoms with van der Waals surface area (Å²) in [5.41, 5.74) is 0. The first-order valence-electron chi connectivity index (χ1n) is 25.0. The normalized spacial score (nSPS) is 13.1. The zero-order valence-electron chi connectivity index (χ0n) is 40.3. The standard InChI is InChI=1S/C57H90O6/c1-4-7-10-13-16-19-22-25-27-28-30-32-35-38-41-44-47-50-56(59)62-53-54(52-61-55(58)49-46-43-40-37-34-31-24-21-18-15-12-9-6-3)63-57(60)51-48-45-42-39-36-33-29-26-23-20-17-14-11-8-5-2/h7-8,10-12,15-17,19-21,24-27,29-30,32,36,39,54H,4-6,9,13-14,18,22-23,28,31,33-35,37-38,40-53H2,1-3H3/b10-7-,11-8-,15-12-,19-16-,20-17-,24-21-,27-25-,29-26-,32-30-,39-36-. The summed E-state index contributed by atoms with van der Waals surface area (Å²) in [5, 5.41) is 0. The Morgan fingerprint density at radius 1 is 0.333 bits per heavy atom. The molecule has 354 valence electrons. The number of hydrogen-bond acceptors (Lipinski definition) is 6. The Bertz CT molecular complexity index is 1370. The molecule has 1 unspecified atom stereocenters. The van der Waals surface area contributed by atoms with Crippen molar-refractivity contribution in [1.29, 1.82) is 0 Å². The second-order valence-corrected chi connectivity index (χ2v) is 16.0. The maximum atomic E-state index is 12.8. The van der Waals surface area contributed by atoms with Crippen LogP contribution in [0.4, 0.5) is 0 Å². The Balaban J connectivity index is 4.54. The Labute approximate surface area is 386 Å². The summed E-state index contributed by atoms with van der Waals surface area (Å²) in [6.07, 6.45) is 68.9. The zero-order valence-corrected chi connectivity index (χ0v) is 40.3. The SMILES string of the molecule is CC/C=C\C/C=C\C/C=C\C/C=C\CCCCCCC(=O)OCC(COC(=O)CCCCCCC/C=C\C/C=C\CCC)OC(=O)CCCC/C=C\C/C=C\C/C=C\C/C=C\CC. The molecule has 63 heavy (non-hydrogen) atoms. The average Bonchev–Trinajstić information content (AvgIpc) is 3.28. The molecule has 0 amide bonds. The summed E-state index contributed by atoms with van der Waals surface area (Å²) in [7, 11) is 0. The summed E-state index contributed by atoms with van der Waals surface area (Å²) in [4.78, 5) is 37.9. The number of esters is 3. The molecule has 0 radical (unpaired) electrons. The minimum Gasteiger partial charge on any atom is -0.462 e. The molecular weight excluding hydrogens is 781 g/mol. The molecule has 0 aromatic rings. The van der Waals surface area contributed by atoms with Crippen molar-refractivity contribution in [3.8, 4) is 0 Å². The number of rotatable bonds is 43. The first kappa shape index (κ1) is 58.8. The molecule has 6 nitrogen and oxygen atoms in total. The second kappa shape index (κ2) is 50.5. The Morgan fingerprint density at radius 2 is 0.619 bits per heavy atom. The van der Waals surface area contributed by atoms with Gasteiger partial charge in [-0.2, -0.15) is 0 Å². The topological polar surface area (TPSA) is 78.9 Å². The zero-order chi connectivity index (χ0) is 45.8. The third kappa shape index (κ3) is 48.7. The van der Waals surface area contributed by atoms with E-state index in [4.69, 9.17) is 14.2 Å². The van der Waals surface area contributed by atoms with E-state index in [0.717, 1.165) is 148 Å². The molecular formula is C57H90O6. The number of allylic oxidation sites excluding steroid dienone is 20. The van der Waals surface area contributed by atoms with Gasteiger partial charge in [0.05, 0.1) is 0 Å². The molecule has 0 aliphatic rings. The lowest BCUT2D eigenvalue weighted by Gasteiger charge is -2.18. The minimum atomic E-state index is -0.819. The lowest BCUT2D eigenvalue weighted by atomic mass is 10.1. The number of carbonyl (C=O) groups excluding carboxylic acids is 3. The van der Waals surface area contributed by atoms with Gasteiger partial charge in [-0.15, -0.1) is 0 Å². The predicted molar refractivity (Wildman–Crippen MR) is 269 cm³/mol. The van der Waals surface area contributed by atoms with Crippen molar-refractivity contribution in [1.82, 2.24) is 0 Å². The van der Waals surface area contributed by atoms with Crippen molar-refractivity contribution in [2.75, 3.05) is 13.2 Å². The molecule has 0 heterocycles. The van der Waals surface area contributed by atoms with Gasteiger partial charge in [-0.1, -0.05) is 181 Å². The molecule has 0 fully saturated rings. The maximum absolute atomic E-state index is 12.8. The van der Waals surface area contributed by atoms with Gasteiger partial charge in [-0.3, -0.25) is 14.4 Å². The molecule has 0 bridgehead atoms. The summed E-state index contributed by atoms with van der Waals surface area (Å²) in [5.74, 6) is -1.00. The van der Waals surface area contributed by atoms with E-state index in [2.05, 4.69) is 142 Å². The van der Waals surface area contributed by atoms with E-state index in [9.17, 15) is 14.4 Å². The van der Waals surface area contributed by atoms with Crippen LogP contribution < -0.4 is 0 Å². The second-order valence-electron chi connectivity index (χ2n) is 16.0. The first-order chi connectivity index (χ1) is 31.0. The number of hydrogen-bond donors (Lipinski definition) is 0. The molecule has 0 aromatic carbocycles. The van der Waals surface area contributed by atoms with Crippen LogP contribution in [0.2, 0.25) is 0 Å². The van der Waals surface area contributed by atoms with Crippen LogP contribution in [0, 0.1) is 0 Å². The highest BCUT2D eigenvalue weighted by atomic mass is 16.6. The Morgan fingerprint density at radius 3 is 1.00 bits per heavy atom. The lowest BCUT2D eigenvalue weighted by molar-refractivity contribution is -0.167. The first-order valence-corrected chi connectivity index (χ1v) is 25.0. The van der Waals surface area contributed by atoms with Crippen molar-refractivity contribution in [2.24, 2.45) is 0 Å². The van der Waals surface area contributed by atoms with E-state index in [1.54, 1.807) is 0 Å². The molecule has 1 atom stereocenters. The third-order valence-electron chi connectivity index (χ3n) is 9.91. The number of carbonyl (C=O) groups is 3. The van der Waals surface area contributed by atoms with Gasteiger partial charge in [0.2, 0.25) is 0 Å². The van der Waals surface area contributed by atoms with Crippen molar-refractivity contribution in [3.05, 3.63) is 122 Å². The summed E-state index contributed by atoms with van der Waals surface area (Å²) >= 11 is 0. The van der Waals surface area contributed by atoms with Gasteiger partial charge < -0.3 is 14.2 Å². The van der Waals surface area contributed by atoms with Gasteiger partial charge >= 0.3 is 17.9 Å². The van der Waals surface area contributed by atoms with Crippen LogP contribution in [-0.2, 0) is 28.6 Å². The average molecular weight is 871 g/mol. The van der Waals surface area contributed by atoms with Crippen molar-refractivity contribution >= 4 is 17.9 Å². The van der Waals surface area contributed by atoms with Crippen LogP contribution in [-0.4, -0.2) is 37.2 Å². The summed E-state index contributed by atoms with van der Waals surface area (Å²) in [6.45, 7) is 6.25.